The molecule has 0 aliphatic carbocycles. The van der Waals surface area contributed by atoms with Crippen LogP contribution in [0.15, 0.2) is 146 Å². The van der Waals surface area contributed by atoms with Crippen LogP contribution in [-0.2, 0) is 39.0 Å². The van der Waals surface area contributed by atoms with Crippen molar-refractivity contribution >= 4 is 43.1 Å². The van der Waals surface area contributed by atoms with Gasteiger partial charge < -0.3 is 45.1 Å². The molecule has 0 unspecified atom stereocenters. The molecule has 0 nitrogen and oxygen atoms in total. The van der Waals surface area contributed by atoms with Crippen LogP contribution in [0.4, 0.5) is 0 Å². The Hall–Kier alpha value is -3.48. The molecule has 0 radical (unpaired) electrons. The van der Waals surface area contributed by atoms with Gasteiger partial charge in [-0.3, -0.25) is 0 Å². The molecule has 0 saturated heterocycles. The van der Waals surface area contributed by atoms with Crippen LogP contribution in [0.1, 0.15) is 31.4 Å². The van der Waals surface area contributed by atoms with E-state index in [9.17, 15) is 0 Å². The summed E-state index contributed by atoms with van der Waals surface area (Å²) in [5, 5.41) is 10.7. The topological polar surface area (TPSA) is 0 Å². The Balaban J connectivity index is 0.000000228. The molecule has 0 aliphatic heterocycles. The van der Waals surface area contributed by atoms with Gasteiger partial charge in [-0.2, -0.15) is 12.1 Å². The molecule has 0 spiro atoms. The SMILES string of the molecule is CCc1cc2c(-c3cccc4ccccc34)cccc2[cH-]1.CCc1cc2c(-c3cccc4ccccc34)cccc2[cH-]1.[CH2-]C[CH2-].[Cl-].[Cl-].[Zr+2]. The van der Waals surface area contributed by atoms with Crippen molar-refractivity contribution in [3.05, 3.63) is 171 Å². The number of halogens is 2. The van der Waals surface area contributed by atoms with Gasteiger partial charge in [-0.1, -0.05) is 122 Å². The Morgan fingerprint density at radius 3 is 1.12 bits per heavy atom. The van der Waals surface area contributed by atoms with E-state index in [1.165, 1.54) is 76.5 Å². The fraction of sp³-hybridized carbons (Fsp3) is 0.111. The van der Waals surface area contributed by atoms with Crippen LogP contribution in [0.5, 0.6) is 0 Å². The minimum atomic E-state index is 0. The van der Waals surface area contributed by atoms with E-state index in [2.05, 4.69) is 173 Å². The van der Waals surface area contributed by atoms with Gasteiger partial charge in [0.15, 0.2) is 0 Å². The largest absolute Gasteiger partial charge is 2.00 e. The summed E-state index contributed by atoms with van der Waals surface area (Å²) in [7, 11) is 0. The third-order valence-corrected chi connectivity index (χ3v) is 8.60. The Kier molecular flexibility index (Phi) is 14.9. The maximum Gasteiger partial charge on any atom is 2.00 e. The molecule has 0 aromatic heterocycles. The molecule has 8 aromatic carbocycles. The van der Waals surface area contributed by atoms with Gasteiger partial charge in [-0.25, -0.2) is 0 Å². The summed E-state index contributed by atoms with van der Waals surface area (Å²) < 4.78 is 0. The number of hydrogen-bond acceptors (Lipinski definition) is 0. The average molecular weight is 743 g/mol. The van der Waals surface area contributed by atoms with Crippen molar-refractivity contribution in [1.29, 1.82) is 0 Å². The zero-order valence-corrected chi connectivity index (χ0v) is 31.6. The van der Waals surface area contributed by atoms with Crippen LogP contribution in [0.3, 0.4) is 0 Å². The van der Waals surface area contributed by atoms with Crippen molar-refractivity contribution in [1.82, 2.24) is 0 Å². The molecule has 3 heteroatoms. The van der Waals surface area contributed by atoms with E-state index in [1.807, 2.05) is 0 Å². The predicted molar refractivity (Wildman–Crippen MR) is 199 cm³/mol. The number of aryl methyl sites for hydroxylation is 2. The molecular formula is C45H40Cl2Zr-4. The first-order valence-electron chi connectivity index (χ1n) is 16.1. The van der Waals surface area contributed by atoms with Gasteiger partial charge in [-0.05, 0) is 45.5 Å². The van der Waals surface area contributed by atoms with Crippen molar-refractivity contribution in [3.8, 4) is 22.3 Å². The second-order valence-electron chi connectivity index (χ2n) is 11.5. The van der Waals surface area contributed by atoms with E-state index in [4.69, 9.17) is 0 Å². The van der Waals surface area contributed by atoms with Crippen molar-refractivity contribution in [3.63, 3.8) is 0 Å². The molecule has 8 rings (SSSR count). The molecule has 0 heterocycles. The summed E-state index contributed by atoms with van der Waals surface area (Å²) in [6, 6.07) is 52.9. The summed E-state index contributed by atoms with van der Waals surface area (Å²) in [4.78, 5) is 0. The van der Waals surface area contributed by atoms with E-state index in [0.29, 0.717) is 0 Å². The van der Waals surface area contributed by atoms with E-state index in [-0.39, 0.29) is 51.0 Å². The average Bonchev–Trinajstić information content (AvgIpc) is 3.73. The maximum atomic E-state index is 3.38. The van der Waals surface area contributed by atoms with E-state index < -0.39 is 0 Å². The van der Waals surface area contributed by atoms with Crippen LogP contribution in [0, 0.1) is 13.8 Å². The first-order valence-corrected chi connectivity index (χ1v) is 16.1. The molecule has 48 heavy (non-hydrogen) atoms. The molecule has 0 aliphatic rings. The number of hydrogen-bond donors (Lipinski definition) is 0. The summed E-state index contributed by atoms with van der Waals surface area (Å²) >= 11 is 0. The molecule has 0 amide bonds. The van der Waals surface area contributed by atoms with Crippen molar-refractivity contribution in [2.75, 3.05) is 0 Å². The first-order chi connectivity index (χ1) is 22.1. The monoisotopic (exact) mass is 740 g/mol. The fourth-order valence-corrected chi connectivity index (χ4v) is 6.39. The van der Waals surface area contributed by atoms with E-state index in [1.54, 1.807) is 0 Å². The van der Waals surface area contributed by atoms with Gasteiger partial charge in [0.25, 0.3) is 0 Å². The smallest absolute Gasteiger partial charge is 1.00 e. The fourth-order valence-electron chi connectivity index (χ4n) is 6.39. The van der Waals surface area contributed by atoms with Crippen LogP contribution >= 0.6 is 0 Å². The van der Waals surface area contributed by atoms with Crippen LogP contribution in [0.25, 0.3) is 65.3 Å². The molecule has 242 valence electrons. The van der Waals surface area contributed by atoms with Crippen LogP contribution in [-0.4, -0.2) is 0 Å². The Bertz CT molecular complexity index is 2030. The third-order valence-electron chi connectivity index (χ3n) is 8.60. The number of rotatable bonds is 4. The molecule has 0 saturated carbocycles. The zero-order chi connectivity index (χ0) is 31.2. The summed E-state index contributed by atoms with van der Waals surface area (Å²) in [5.41, 5.74) is 8.15. The van der Waals surface area contributed by atoms with Gasteiger partial charge >= 0.3 is 26.2 Å². The van der Waals surface area contributed by atoms with Crippen LogP contribution < -0.4 is 24.8 Å². The van der Waals surface area contributed by atoms with E-state index >= 15 is 0 Å². The van der Waals surface area contributed by atoms with Gasteiger partial charge in [0.1, 0.15) is 0 Å². The Morgan fingerprint density at radius 1 is 0.438 bits per heavy atom. The standard InChI is InChI=1S/2C21H17.C3H6.2ClH.Zr/c2*1-2-15-13-17-9-6-12-20(21(17)14-15)19-11-5-8-16-7-3-4-10-18(16)19;1-3-2;;;/h2*3-14H,2H2,1H3;1-3H2;2*1H;/q2*-1;-2;;;+2/p-2. The van der Waals surface area contributed by atoms with Gasteiger partial charge in [-0.15, -0.1) is 69.1 Å². The number of fused-ring (bicyclic) bond motifs is 4. The first kappa shape index (κ1) is 39.0. The van der Waals surface area contributed by atoms with E-state index in [0.717, 1.165) is 19.3 Å². The second-order valence-corrected chi connectivity index (χ2v) is 11.5. The molecule has 0 bridgehead atoms. The molecule has 0 N–H and O–H groups in total. The summed E-state index contributed by atoms with van der Waals surface area (Å²) in [6.45, 7) is 11.2. The Morgan fingerprint density at radius 2 is 0.750 bits per heavy atom. The quantitative estimate of drug-likeness (QED) is 0.172. The molecule has 0 atom stereocenters. The minimum absolute atomic E-state index is 0. The predicted octanol–water partition coefficient (Wildman–Crippen LogP) is 6.93. The summed E-state index contributed by atoms with van der Waals surface area (Å²) in [5.74, 6) is 0. The third kappa shape index (κ3) is 8.21. The number of benzene rings is 6. The zero-order valence-electron chi connectivity index (χ0n) is 27.6. The van der Waals surface area contributed by atoms with Gasteiger partial charge in [0, 0.05) is 0 Å². The van der Waals surface area contributed by atoms with Crippen molar-refractivity contribution < 1.29 is 51.0 Å². The van der Waals surface area contributed by atoms with Gasteiger partial charge in [0.05, 0.1) is 0 Å². The van der Waals surface area contributed by atoms with Gasteiger partial charge in [0.2, 0.25) is 0 Å². The molecule has 0 fully saturated rings. The minimum Gasteiger partial charge on any atom is -1.00 e. The maximum absolute atomic E-state index is 3.38. The Labute approximate surface area is 317 Å². The molecular weight excluding hydrogens is 703 g/mol. The summed E-state index contributed by atoms with van der Waals surface area (Å²) in [6.07, 6.45) is 2.92. The molecule has 8 aromatic rings. The van der Waals surface area contributed by atoms with Crippen LogP contribution in [0.2, 0.25) is 0 Å². The second kappa shape index (κ2) is 18.3. The van der Waals surface area contributed by atoms with Crippen molar-refractivity contribution in [2.45, 2.75) is 33.1 Å². The van der Waals surface area contributed by atoms with Crippen molar-refractivity contribution in [2.24, 2.45) is 0 Å². The normalized spacial score (nSPS) is 10.2.